The molecule has 0 aliphatic heterocycles. The van der Waals surface area contributed by atoms with Gasteiger partial charge in [-0.3, -0.25) is 0 Å². The number of hydrogen-bond donors (Lipinski definition) is 2. The topological polar surface area (TPSA) is 49.8 Å². The van der Waals surface area contributed by atoms with E-state index in [2.05, 4.69) is 34.4 Å². The summed E-state index contributed by atoms with van der Waals surface area (Å²) in [6.45, 7) is 4.20. The lowest BCUT2D eigenvalue weighted by Crippen LogP contribution is -2.16. The van der Waals surface area contributed by atoms with Crippen molar-refractivity contribution in [3.63, 3.8) is 0 Å². The third-order valence-electron chi connectivity index (χ3n) is 3.90. The van der Waals surface area contributed by atoms with Crippen molar-refractivity contribution in [2.75, 3.05) is 10.6 Å². The predicted molar refractivity (Wildman–Crippen MR) is 101 cm³/mol. The van der Waals surface area contributed by atoms with Crippen molar-refractivity contribution in [1.82, 2.24) is 9.97 Å². The largest absolute Gasteiger partial charge is 0.352 e. The van der Waals surface area contributed by atoms with Crippen LogP contribution in [-0.4, -0.2) is 16.0 Å². The van der Waals surface area contributed by atoms with Gasteiger partial charge >= 0.3 is 0 Å². The molecule has 0 saturated carbocycles. The first-order valence-corrected chi connectivity index (χ1v) is 8.37. The van der Waals surface area contributed by atoms with Crippen molar-refractivity contribution in [3.05, 3.63) is 66.5 Å². The fourth-order valence-corrected chi connectivity index (χ4v) is 2.34. The Morgan fingerprint density at radius 1 is 1.00 bits per heavy atom. The van der Waals surface area contributed by atoms with E-state index in [4.69, 9.17) is 0 Å². The molecule has 5 heteroatoms. The smallest absolute Gasteiger partial charge is 0.225 e. The van der Waals surface area contributed by atoms with Crippen molar-refractivity contribution in [2.24, 2.45) is 0 Å². The summed E-state index contributed by atoms with van der Waals surface area (Å²) in [6.07, 6.45) is 0.972. The van der Waals surface area contributed by atoms with Gasteiger partial charge in [0.25, 0.3) is 0 Å². The summed E-state index contributed by atoms with van der Waals surface area (Å²) in [5, 5.41) is 6.53. The minimum atomic E-state index is -0.266. The molecular weight excluding hydrogens is 315 g/mol. The first kappa shape index (κ1) is 16.9. The molecule has 3 aromatic rings. The van der Waals surface area contributed by atoms with E-state index in [0.717, 1.165) is 23.4 Å². The first-order valence-electron chi connectivity index (χ1n) is 8.37. The van der Waals surface area contributed by atoms with Crippen molar-refractivity contribution < 1.29 is 4.39 Å². The summed E-state index contributed by atoms with van der Waals surface area (Å²) in [7, 11) is 0. The standard InChI is InChI=1S/C20H21FN4/c1-3-14(2)22-20-24-18(15-7-5-4-6-8-15)13-19(25-20)23-17-11-9-16(21)10-12-17/h4-14H,3H2,1-2H3,(H2,22,23,24,25)/t14-/m1/s1. The lowest BCUT2D eigenvalue weighted by atomic mass is 10.1. The summed E-state index contributed by atoms with van der Waals surface area (Å²) < 4.78 is 13.1. The molecule has 0 aliphatic carbocycles. The van der Waals surface area contributed by atoms with Crippen molar-refractivity contribution >= 4 is 17.5 Å². The van der Waals surface area contributed by atoms with E-state index in [9.17, 15) is 4.39 Å². The van der Waals surface area contributed by atoms with Crippen LogP contribution in [0.15, 0.2) is 60.7 Å². The van der Waals surface area contributed by atoms with E-state index in [1.54, 1.807) is 12.1 Å². The number of hydrogen-bond acceptors (Lipinski definition) is 4. The lowest BCUT2D eigenvalue weighted by Gasteiger charge is -2.14. The van der Waals surface area contributed by atoms with Gasteiger partial charge in [0, 0.05) is 23.4 Å². The molecule has 0 unspecified atom stereocenters. The average molecular weight is 336 g/mol. The highest BCUT2D eigenvalue weighted by Gasteiger charge is 2.09. The normalized spacial score (nSPS) is 11.8. The van der Waals surface area contributed by atoms with E-state index in [1.807, 2.05) is 36.4 Å². The monoisotopic (exact) mass is 336 g/mol. The van der Waals surface area contributed by atoms with E-state index in [-0.39, 0.29) is 11.9 Å². The van der Waals surface area contributed by atoms with Crippen LogP contribution in [0.25, 0.3) is 11.3 Å². The second kappa shape index (κ2) is 7.75. The maximum atomic E-state index is 13.1. The number of nitrogens with zero attached hydrogens (tertiary/aromatic N) is 2. The van der Waals surface area contributed by atoms with E-state index in [1.165, 1.54) is 12.1 Å². The molecule has 2 aromatic carbocycles. The minimum Gasteiger partial charge on any atom is -0.352 e. The highest BCUT2D eigenvalue weighted by atomic mass is 19.1. The predicted octanol–water partition coefficient (Wildman–Crippen LogP) is 5.24. The quantitative estimate of drug-likeness (QED) is 0.646. The average Bonchev–Trinajstić information content (AvgIpc) is 2.64. The zero-order valence-electron chi connectivity index (χ0n) is 14.3. The Labute approximate surface area is 147 Å². The van der Waals surface area contributed by atoms with Gasteiger partial charge in [-0.15, -0.1) is 0 Å². The van der Waals surface area contributed by atoms with Gasteiger partial charge in [0.05, 0.1) is 5.69 Å². The van der Waals surface area contributed by atoms with Gasteiger partial charge in [0.1, 0.15) is 11.6 Å². The second-order valence-electron chi connectivity index (χ2n) is 5.91. The zero-order valence-corrected chi connectivity index (χ0v) is 14.3. The van der Waals surface area contributed by atoms with Crippen LogP contribution in [0.3, 0.4) is 0 Å². The zero-order chi connectivity index (χ0) is 17.6. The third kappa shape index (κ3) is 4.53. The Morgan fingerprint density at radius 2 is 1.72 bits per heavy atom. The van der Waals surface area contributed by atoms with Gasteiger partial charge in [-0.25, -0.2) is 9.37 Å². The molecule has 1 aromatic heterocycles. The third-order valence-corrected chi connectivity index (χ3v) is 3.90. The molecule has 4 nitrogen and oxygen atoms in total. The molecule has 0 fully saturated rings. The molecule has 0 saturated heterocycles. The summed E-state index contributed by atoms with van der Waals surface area (Å²) in [6, 6.07) is 18.3. The maximum Gasteiger partial charge on any atom is 0.225 e. The summed E-state index contributed by atoms with van der Waals surface area (Å²) in [5.41, 5.74) is 2.61. The van der Waals surface area contributed by atoms with Crippen molar-refractivity contribution in [3.8, 4) is 11.3 Å². The van der Waals surface area contributed by atoms with Gasteiger partial charge in [0.2, 0.25) is 5.95 Å². The van der Waals surface area contributed by atoms with Crippen LogP contribution >= 0.6 is 0 Å². The van der Waals surface area contributed by atoms with E-state index >= 15 is 0 Å². The summed E-state index contributed by atoms with van der Waals surface area (Å²) in [5.74, 6) is 0.962. The van der Waals surface area contributed by atoms with Gasteiger partial charge in [0.15, 0.2) is 0 Å². The Morgan fingerprint density at radius 3 is 2.40 bits per heavy atom. The van der Waals surface area contributed by atoms with Crippen molar-refractivity contribution in [2.45, 2.75) is 26.3 Å². The molecule has 3 rings (SSSR count). The van der Waals surface area contributed by atoms with Crippen LogP contribution in [0.4, 0.5) is 21.8 Å². The van der Waals surface area contributed by atoms with Crippen molar-refractivity contribution in [1.29, 1.82) is 0 Å². The van der Waals surface area contributed by atoms with E-state index in [0.29, 0.717) is 11.8 Å². The number of rotatable bonds is 6. The lowest BCUT2D eigenvalue weighted by molar-refractivity contribution is 0.628. The number of anilines is 3. The van der Waals surface area contributed by atoms with Crippen LogP contribution < -0.4 is 10.6 Å². The van der Waals surface area contributed by atoms with Crippen LogP contribution in [0.2, 0.25) is 0 Å². The van der Waals surface area contributed by atoms with Crippen LogP contribution in [0, 0.1) is 5.82 Å². The molecule has 1 heterocycles. The highest BCUT2D eigenvalue weighted by Crippen LogP contribution is 2.24. The van der Waals surface area contributed by atoms with Gasteiger partial charge in [-0.1, -0.05) is 37.3 Å². The molecule has 2 N–H and O–H groups in total. The van der Waals surface area contributed by atoms with Gasteiger partial charge in [-0.05, 0) is 37.6 Å². The highest BCUT2D eigenvalue weighted by molar-refractivity contribution is 5.67. The molecule has 0 amide bonds. The SMILES string of the molecule is CC[C@@H](C)Nc1nc(Nc2ccc(F)cc2)cc(-c2ccccc2)n1. The van der Waals surface area contributed by atoms with Crippen LogP contribution in [0.1, 0.15) is 20.3 Å². The second-order valence-corrected chi connectivity index (χ2v) is 5.91. The first-order chi connectivity index (χ1) is 12.1. The van der Waals surface area contributed by atoms with Gasteiger partial charge in [-0.2, -0.15) is 4.98 Å². The molecule has 25 heavy (non-hydrogen) atoms. The Hall–Kier alpha value is -2.95. The molecule has 0 spiro atoms. The fourth-order valence-electron chi connectivity index (χ4n) is 2.34. The number of nitrogens with one attached hydrogen (secondary N) is 2. The summed E-state index contributed by atoms with van der Waals surface area (Å²) in [4.78, 5) is 9.16. The Balaban J connectivity index is 1.95. The Kier molecular flexibility index (Phi) is 5.23. The number of benzene rings is 2. The Bertz CT molecular complexity index is 819. The van der Waals surface area contributed by atoms with Crippen LogP contribution in [0.5, 0.6) is 0 Å². The minimum absolute atomic E-state index is 0.266. The fraction of sp³-hybridized carbons (Fsp3) is 0.200. The molecule has 128 valence electrons. The molecule has 0 bridgehead atoms. The van der Waals surface area contributed by atoms with Gasteiger partial charge < -0.3 is 10.6 Å². The number of aromatic nitrogens is 2. The molecule has 1 atom stereocenters. The molecule has 0 radical (unpaired) electrons. The number of halogens is 1. The molecular formula is C20H21FN4. The van der Waals surface area contributed by atoms with E-state index < -0.39 is 0 Å². The summed E-state index contributed by atoms with van der Waals surface area (Å²) >= 11 is 0. The maximum absolute atomic E-state index is 13.1. The van der Waals surface area contributed by atoms with Crippen LogP contribution in [-0.2, 0) is 0 Å². The molecule has 0 aliphatic rings.